The highest BCUT2D eigenvalue weighted by atomic mass is 127. The van der Waals surface area contributed by atoms with Crippen molar-refractivity contribution in [3.63, 3.8) is 0 Å². The van der Waals surface area contributed by atoms with Crippen molar-refractivity contribution in [2.75, 3.05) is 26.8 Å². The summed E-state index contributed by atoms with van der Waals surface area (Å²) < 4.78 is 32.2. The molecule has 0 aromatic heterocycles. The van der Waals surface area contributed by atoms with Crippen molar-refractivity contribution in [2.45, 2.75) is 63.4 Å². The third-order valence-electron chi connectivity index (χ3n) is 5.34. The third kappa shape index (κ3) is 9.07. The predicted octanol–water partition coefficient (Wildman–Crippen LogP) is 3.25. The molecule has 1 fully saturated rings. The standard InChI is InChI=1S/C21H36N4O3S.HI/c1-4-17-9-11-19(12-10-17)25-21(22-5-2)23-16-18-7-6-8-20(15-18)29(26,27)24-13-14-28-3;/h6-8,15,17,19,24H,4-5,9-14,16H2,1-3H3,(H2,22,23,25);1H. The zero-order chi connectivity index (χ0) is 21.1. The zero-order valence-corrected chi connectivity index (χ0v) is 21.5. The summed E-state index contributed by atoms with van der Waals surface area (Å²) in [6, 6.07) is 7.37. The molecule has 0 saturated heterocycles. The number of aliphatic imine (C=N–C) groups is 1. The molecular weight excluding hydrogens is 515 g/mol. The molecule has 0 radical (unpaired) electrons. The number of ether oxygens (including phenoxy) is 1. The first-order valence-electron chi connectivity index (χ1n) is 10.6. The summed E-state index contributed by atoms with van der Waals surface area (Å²) in [5.74, 6) is 1.65. The number of guanidine groups is 1. The Balaban J connectivity index is 0.00000450. The van der Waals surface area contributed by atoms with Crippen molar-refractivity contribution in [1.82, 2.24) is 15.4 Å². The largest absolute Gasteiger partial charge is 0.383 e. The van der Waals surface area contributed by atoms with Crippen molar-refractivity contribution in [1.29, 1.82) is 0 Å². The van der Waals surface area contributed by atoms with Gasteiger partial charge in [0.1, 0.15) is 0 Å². The average Bonchev–Trinajstić information content (AvgIpc) is 2.73. The summed E-state index contributed by atoms with van der Waals surface area (Å²) in [6.07, 6.45) is 6.14. The lowest BCUT2D eigenvalue weighted by Gasteiger charge is -2.29. The quantitative estimate of drug-likeness (QED) is 0.180. The van der Waals surface area contributed by atoms with E-state index in [-0.39, 0.29) is 35.4 Å². The van der Waals surface area contributed by atoms with E-state index in [9.17, 15) is 8.42 Å². The molecule has 0 aliphatic heterocycles. The van der Waals surface area contributed by atoms with Gasteiger partial charge in [0.25, 0.3) is 0 Å². The van der Waals surface area contributed by atoms with Crippen LogP contribution in [0, 0.1) is 5.92 Å². The summed E-state index contributed by atoms with van der Waals surface area (Å²) in [6.45, 7) is 6.10. The number of halogens is 1. The van der Waals surface area contributed by atoms with E-state index in [1.54, 1.807) is 25.3 Å². The minimum absolute atomic E-state index is 0. The fraction of sp³-hybridized carbons (Fsp3) is 0.667. The summed E-state index contributed by atoms with van der Waals surface area (Å²) in [5, 5.41) is 6.84. The van der Waals surface area contributed by atoms with Crippen LogP contribution in [0.25, 0.3) is 0 Å². The van der Waals surface area contributed by atoms with Crippen LogP contribution in [0.3, 0.4) is 0 Å². The Kier molecular flexibility index (Phi) is 12.8. The average molecular weight is 553 g/mol. The van der Waals surface area contributed by atoms with Crippen LogP contribution in [0.15, 0.2) is 34.2 Å². The number of sulfonamides is 1. The van der Waals surface area contributed by atoms with Crippen molar-refractivity contribution in [3.8, 4) is 0 Å². The van der Waals surface area contributed by atoms with Crippen molar-refractivity contribution in [2.24, 2.45) is 10.9 Å². The molecule has 1 aliphatic carbocycles. The maximum atomic E-state index is 12.4. The van der Waals surface area contributed by atoms with Gasteiger partial charge in [0.15, 0.2) is 5.96 Å². The number of methoxy groups -OCH3 is 1. The zero-order valence-electron chi connectivity index (χ0n) is 18.3. The minimum atomic E-state index is -3.54. The molecule has 1 saturated carbocycles. The van der Waals surface area contributed by atoms with E-state index in [1.165, 1.54) is 32.1 Å². The molecule has 0 bridgehead atoms. The van der Waals surface area contributed by atoms with Gasteiger partial charge in [-0.2, -0.15) is 0 Å². The van der Waals surface area contributed by atoms with E-state index in [2.05, 4.69) is 27.3 Å². The highest BCUT2D eigenvalue weighted by Crippen LogP contribution is 2.26. The molecule has 1 aliphatic rings. The van der Waals surface area contributed by atoms with Crippen molar-refractivity contribution < 1.29 is 13.2 Å². The Morgan fingerprint density at radius 3 is 2.57 bits per heavy atom. The molecule has 0 heterocycles. The molecule has 3 N–H and O–H groups in total. The SMILES string of the molecule is CCNC(=NCc1cccc(S(=O)(=O)NCCOC)c1)NC1CCC(CC)CC1.I. The fourth-order valence-electron chi connectivity index (χ4n) is 3.57. The van der Waals surface area contributed by atoms with Gasteiger partial charge in [0, 0.05) is 26.2 Å². The molecule has 7 nitrogen and oxygen atoms in total. The van der Waals surface area contributed by atoms with Crippen LogP contribution in [-0.4, -0.2) is 47.2 Å². The maximum absolute atomic E-state index is 12.4. The Hall–Kier alpha value is -0.910. The van der Waals surface area contributed by atoms with E-state index < -0.39 is 10.0 Å². The Morgan fingerprint density at radius 1 is 1.20 bits per heavy atom. The lowest BCUT2D eigenvalue weighted by molar-refractivity contribution is 0.204. The molecule has 1 aromatic carbocycles. The van der Waals surface area contributed by atoms with E-state index >= 15 is 0 Å². The summed E-state index contributed by atoms with van der Waals surface area (Å²) in [4.78, 5) is 4.92. The second-order valence-electron chi connectivity index (χ2n) is 7.50. The number of hydrogen-bond acceptors (Lipinski definition) is 4. The molecule has 30 heavy (non-hydrogen) atoms. The van der Waals surface area contributed by atoms with Crippen LogP contribution >= 0.6 is 24.0 Å². The van der Waals surface area contributed by atoms with Crippen LogP contribution in [0.4, 0.5) is 0 Å². The highest BCUT2D eigenvalue weighted by molar-refractivity contribution is 14.0. The summed E-state index contributed by atoms with van der Waals surface area (Å²) in [5.41, 5.74) is 0.853. The van der Waals surface area contributed by atoms with Gasteiger partial charge in [-0.05, 0) is 56.2 Å². The number of nitrogens with zero attached hydrogens (tertiary/aromatic N) is 1. The molecule has 172 valence electrons. The second kappa shape index (κ2) is 14.2. The van der Waals surface area contributed by atoms with Crippen molar-refractivity contribution >= 4 is 40.0 Å². The first kappa shape index (κ1) is 27.1. The normalized spacial score (nSPS) is 19.8. The number of benzene rings is 1. The Labute approximate surface area is 198 Å². The first-order valence-corrected chi connectivity index (χ1v) is 12.1. The van der Waals surface area contributed by atoms with E-state index in [4.69, 9.17) is 4.74 Å². The third-order valence-corrected chi connectivity index (χ3v) is 6.79. The minimum Gasteiger partial charge on any atom is -0.383 e. The van der Waals surface area contributed by atoms with Crippen LogP contribution in [0.5, 0.6) is 0 Å². The fourth-order valence-corrected chi connectivity index (χ4v) is 4.65. The van der Waals surface area contributed by atoms with Gasteiger partial charge in [0.05, 0.1) is 18.0 Å². The smallest absolute Gasteiger partial charge is 0.240 e. The van der Waals surface area contributed by atoms with Gasteiger partial charge in [-0.25, -0.2) is 18.1 Å². The Morgan fingerprint density at radius 2 is 1.93 bits per heavy atom. The van der Waals surface area contributed by atoms with Gasteiger partial charge in [-0.1, -0.05) is 25.5 Å². The van der Waals surface area contributed by atoms with Crippen LogP contribution in [0.2, 0.25) is 0 Å². The van der Waals surface area contributed by atoms with Gasteiger partial charge in [-0.3, -0.25) is 0 Å². The van der Waals surface area contributed by atoms with Gasteiger partial charge in [0.2, 0.25) is 10.0 Å². The lowest BCUT2D eigenvalue weighted by atomic mass is 9.84. The van der Waals surface area contributed by atoms with Crippen LogP contribution in [0.1, 0.15) is 51.5 Å². The Bertz CT molecular complexity index is 750. The van der Waals surface area contributed by atoms with Crippen LogP contribution in [-0.2, 0) is 21.3 Å². The second-order valence-corrected chi connectivity index (χ2v) is 9.27. The molecule has 0 spiro atoms. The lowest BCUT2D eigenvalue weighted by Crippen LogP contribution is -2.44. The summed E-state index contributed by atoms with van der Waals surface area (Å²) >= 11 is 0. The van der Waals surface area contributed by atoms with E-state index in [0.717, 1.165) is 24.0 Å². The van der Waals surface area contributed by atoms with Gasteiger partial charge in [-0.15, -0.1) is 24.0 Å². The van der Waals surface area contributed by atoms with Crippen molar-refractivity contribution in [3.05, 3.63) is 29.8 Å². The number of rotatable bonds is 10. The van der Waals surface area contributed by atoms with Crippen LogP contribution < -0.4 is 15.4 Å². The van der Waals surface area contributed by atoms with E-state index in [1.807, 2.05) is 13.0 Å². The molecule has 2 rings (SSSR count). The molecule has 0 atom stereocenters. The topological polar surface area (TPSA) is 91.8 Å². The van der Waals surface area contributed by atoms with Gasteiger partial charge >= 0.3 is 0 Å². The molecular formula is C21H37IN4O3S. The molecule has 1 aromatic rings. The van der Waals surface area contributed by atoms with Gasteiger partial charge < -0.3 is 15.4 Å². The molecule has 0 unspecified atom stereocenters. The van der Waals surface area contributed by atoms with E-state index in [0.29, 0.717) is 19.2 Å². The molecule has 0 amide bonds. The first-order chi connectivity index (χ1) is 14.0. The highest BCUT2D eigenvalue weighted by Gasteiger charge is 2.20. The molecule has 9 heteroatoms. The summed E-state index contributed by atoms with van der Waals surface area (Å²) in [7, 11) is -2.00. The number of nitrogens with one attached hydrogen (secondary N) is 3. The maximum Gasteiger partial charge on any atom is 0.240 e. The number of hydrogen-bond donors (Lipinski definition) is 3. The monoisotopic (exact) mass is 552 g/mol. The predicted molar refractivity (Wildman–Crippen MR) is 133 cm³/mol.